The first-order chi connectivity index (χ1) is 6.11. The zero-order chi connectivity index (χ0) is 10.3. The van der Waals surface area contributed by atoms with Gasteiger partial charge < -0.3 is 14.7 Å². The number of rotatable bonds is 5. The van der Waals surface area contributed by atoms with E-state index in [9.17, 15) is 9.59 Å². The highest BCUT2D eigenvalue weighted by Crippen LogP contribution is 1.93. The summed E-state index contributed by atoms with van der Waals surface area (Å²) in [5.41, 5.74) is 0. The van der Waals surface area contributed by atoms with Crippen molar-refractivity contribution < 1.29 is 19.4 Å². The number of aliphatic hydroxyl groups is 1. The Morgan fingerprint density at radius 1 is 1.38 bits per heavy atom. The van der Waals surface area contributed by atoms with Gasteiger partial charge in [-0.2, -0.15) is 0 Å². The number of ether oxygens (including phenoxy) is 1. The van der Waals surface area contributed by atoms with Crippen LogP contribution in [0.5, 0.6) is 0 Å². The van der Waals surface area contributed by atoms with Crippen molar-refractivity contribution in [3.8, 4) is 0 Å². The van der Waals surface area contributed by atoms with Crippen LogP contribution in [0.1, 0.15) is 13.3 Å². The van der Waals surface area contributed by atoms with Crippen molar-refractivity contribution in [2.24, 2.45) is 0 Å². The Kier molecular flexibility index (Phi) is 5.88. The number of carbonyl (C=O) groups is 2. The molecule has 0 aromatic carbocycles. The molecule has 0 heterocycles. The zero-order valence-electron chi connectivity index (χ0n) is 7.95. The fourth-order valence-electron chi connectivity index (χ4n) is 0.876. The smallest absolute Gasteiger partial charge is 0.307 e. The molecule has 0 radical (unpaired) electrons. The molecule has 0 saturated heterocycles. The van der Waals surface area contributed by atoms with Crippen molar-refractivity contribution in [1.29, 1.82) is 0 Å². The second-order valence-electron chi connectivity index (χ2n) is 2.56. The van der Waals surface area contributed by atoms with Crippen LogP contribution in [0.15, 0.2) is 0 Å². The van der Waals surface area contributed by atoms with Gasteiger partial charge in [0.2, 0.25) is 5.91 Å². The number of esters is 1. The topological polar surface area (TPSA) is 66.8 Å². The molecule has 0 rings (SSSR count). The molecule has 0 bridgehead atoms. The minimum atomic E-state index is -0.357. The average molecular weight is 189 g/mol. The van der Waals surface area contributed by atoms with Gasteiger partial charge in [-0.05, 0) is 0 Å². The van der Waals surface area contributed by atoms with Gasteiger partial charge >= 0.3 is 5.97 Å². The number of nitrogens with zero attached hydrogens (tertiary/aromatic N) is 1. The second-order valence-corrected chi connectivity index (χ2v) is 2.56. The molecule has 0 atom stereocenters. The molecule has 13 heavy (non-hydrogen) atoms. The summed E-state index contributed by atoms with van der Waals surface area (Å²) in [6, 6.07) is 0. The molecule has 1 amide bonds. The van der Waals surface area contributed by atoms with Crippen molar-refractivity contribution in [1.82, 2.24) is 4.90 Å². The third-order valence-electron chi connectivity index (χ3n) is 1.63. The third-order valence-corrected chi connectivity index (χ3v) is 1.63. The number of aliphatic hydroxyl groups excluding tert-OH is 1. The Morgan fingerprint density at radius 2 is 2.00 bits per heavy atom. The maximum atomic E-state index is 10.9. The maximum Gasteiger partial charge on any atom is 0.307 e. The number of hydrogen-bond donors (Lipinski definition) is 1. The average Bonchev–Trinajstić information content (AvgIpc) is 2.11. The highest BCUT2D eigenvalue weighted by Gasteiger charge is 2.09. The largest absolute Gasteiger partial charge is 0.469 e. The molecule has 0 aliphatic carbocycles. The van der Waals surface area contributed by atoms with Crippen LogP contribution in [0.4, 0.5) is 0 Å². The van der Waals surface area contributed by atoms with Gasteiger partial charge in [0.1, 0.15) is 0 Å². The Bertz CT molecular complexity index is 181. The summed E-state index contributed by atoms with van der Waals surface area (Å²) in [6.07, 6.45) is 0.163. The van der Waals surface area contributed by atoms with E-state index in [1.807, 2.05) is 0 Å². The Hall–Kier alpha value is -1.10. The molecule has 5 nitrogen and oxygen atoms in total. The fraction of sp³-hybridized carbons (Fsp3) is 0.750. The molecule has 0 aromatic rings. The van der Waals surface area contributed by atoms with Crippen molar-refractivity contribution >= 4 is 11.9 Å². The summed E-state index contributed by atoms with van der Waals surface area (Å²) in [4.78, 5) is 23.0. The lowest BCUT2D eigenvalue weighted by Gasteiger charge is -2.18. The highest BCUT2D eigenvalue weighted by molar-refractivity contribution is 5.74. The molecule has 0 aromatic heterocycles. The molecule has 0 saturated carbocycles. The van der Waals surface area contributed by atoms with Crippen LogP contribution in [0.2, 0.25) is 0 Å². The quantitative estimate of drug-likeness (QED) is 0.586. The molecule has 1 N–H and O–H groups in total. The first-order valence-corrected chi connectivity index (χ1v) is 4.05. The van der Waals surface area contributed by atoms with Gasteiger partial charge in [0.05, 0.1) is 20.1 Å². The van der Waals surface area contributed by atoms with Crippen molar-refractivity contribution in [3.63, 3.8) is 0 Å². The standard InChI is InChI=1S/C8H15NO4/c1-7(11)9(5-6-10)4-3-8(12)13-2/h10H,3-6H2,1-2H3. The SMILES string of the molecule is COC(=O)CCN(CCO)C(C)=O. The van der Waals surface area contributed by atoms with Gasteiger partial charge in [0.25, 0.3) is 0 Å². The van der Waals surface area contributed by atoms with Crippen LogP contribution < -0.4 is 0 Å². The summed E-state index contributed by atoms with van der Waals surface area (Å²) in [7, 11) is 1.30. The van der Waals surface area contributed by atoms with E-state index < -0.39 is 0 Å². The van der Waals surface area contributed by atoms with E-state index in [2.05, 4.69) is 4.74 Å². The number of carbonyl (C=O) groups excluding carboxylic acids is 2. The summed E-state index contributed by atoms with van der Waals surface area (Å²) < 4.78 is 4.42. The van der Waals surface area contributed by atoms with Crippen LogP contribution in [0.3, 0.4) is 0 Å². The Balaban J connectivity index is 3.82. The molecule has 0 spiro atoms. The van der Waals surface area contributed by atoms with E-state index in [-0.39, 0.29) is 31.4 Å². The van der Waals surface area contributed by atoms with Crippen LogP contribution in [0, 0.1) is 0 Å². The first kappa shape index (κ1) is 11.9. The molecular weight excluding hydrogens is 174 g/mol. The third kappa shape index (κ3) is 5.19. The predicted molar refractivity (Wildman–Crippen MR) is 46.0 cm³/mol. The number of hydrogen-bond acceptors (Lipinski definition) is 4. The van der Waals surface area contributed by atoms with Crippen LogP contribution in [-0.2, 0) is 14.3 Å². The van der Waals surface area contributed by atoms with Crippen molar-refractivity contribution in [3.05, 3.63) is 0 Å². The molecular formula is C8H15NO4. The van der Waals surface area contributed by atoms with E-state index in [1.54, 1.807) is 0 Å². The minimum Gasteiger partial charge on any atom is -0.469 e. The Morgan fingerprint density at radius 3 is 2.38 bits per heavy atom. The summed E-state index contributed by atoms with van der Waals surface area (Å²) in [5, 5.41) is 8.60. The van der Waals surface area contributed by atoms with Gasteiger partial charge in [0.15, 0.2) is 0 Å². The molecule has 0 aliphatic rings. The second kappa shape index (κ2) is 6.42. The summed E-state index contributed by atoms with van der Waals surface area (Å²) >= 11 is 0. The van der Waals surface area contributed by atoms with Crippen molar-refractivity contribution in [2.45, 2.75) is 13.3 Å². The summed E-state index contributed by atoms with van der Waals surface area (Å²) in [5.74, 6) is -0.512. The van der Waals surface area contributed by atoms with Crippen LogP contribution in [-0.4, -0.2) is 48.7 Å². The predicted octanol–water partition coefficient (Wildman–Crippen LogP) is -0.610. The summed E-state index contributed by atoms with van der Waals surface area (Å²) in [6.45, 7) is 1.85. The van der Waals surface area contributed by atoms with E-state index in [0.717, 1.165) is 0 Å². The monoisotopic (exact) mass is 189 g/mol. The van der Waals surface area contributed by atoms with Gasteiger partial charge in [-0.15, -0.1) is 0 Å². The van der Waals surface area contributed by atoms with Gasteiger partial charge in [-0.3, -0.25) is 9.59 Å². The highest BCUT2D eigenvalue weighted by atomic mass is 16.5. The van der Waals surface area contributed by atoms with E-state index >= 15 is 0 Å². The fourth-order valence-corrected chi connectivity index (χ4v) is 0.876. The molecule has 0 aliphatic heterocycles. The van der Waals surface area contributed by atoms with Gasteiger partial charge in [-0.1, -0.05) is 0 Å². The number of methoxy groups -OCH3 is 1. The zero-order valence-corrected chi connectivity index (χ0v) is 7.95. The molecule has 0 fully saturated rings. The lowest BCUT2D eigenvalue weighted by Crippen LogP contribution is -2.33. The normalized spacial score (nSPS) is 9.46. The lowest BCUT2D eigenvalue weighted by molar-refractivity contribution is -0.141. The van der Waals surface area contributed by atoms with E-state index in [1.165, 1.54) is 18.9 Å². The molecule has 0 unspecified atom stereocenters. The van der Waals surface area contributed by atoms with E-state index in [0.29, 0.717) is 6.54 Å². The lowest BCUT2D eigenvalue weighted by atomic mass is 10.3. The molecule has 76 valence electrons. The van der Waals surface area contributed by atoms with Crippen molar-refractivity contribution in [2.75, 3.05) is 26.8 Å². The Labute approximate surface area is 77.3 Å². The van der Waals surface area contributed by atoms with E-state index in [4.69, 9.17) is 5.11 Å². The van der Waals surface area contributed by atoms with Crippen LogP contribution >= 0.6 is 0 Å². The van der Waals surface area contributed by atoms with Gasteiger partial charge in [0, 0.05) is 20.0 Å². The minimum absolute atomic E-state index is 0.0965. The molecule has 5 heteroatoms. The maximum absolute atomic E-state index is 10.9. The van der Waals surface area contributed by atoms with Crippen LogP contribution in [0.25, 0.3) is 0 Å². The first-order valence-electron chi connectivity index (χ1n) is 4.05. The number of amides is 1. The van der Waals surface area contributed by atoms with Gasteiger partial charge in [-0.25, -0.2) is 0 Å².